The third-order valence-electron chi connectivity index (χ3n) is 2.37. The SMILES string of the molecule is CC(O)c1cc(F)c(S(=O)(=O)Nc2ncns2)cc1F. The first-order valence-electron chi connectivity index (χ1n) is 5.28. The number of hydrogen-bond acceptors (Lipinski definition) is 6. The number of anilines is 1. The van der Waals surface area contributed by atoms with Crippen molar-refractivity contribution in [3.8, 4) is 0 Å². The fourth-order valence-corrected chi connectivity index (χ4v) is 3.19. The number of aromatic nitrogens is 2. The van der Waals surface area contributed by atoms with Crippen molar-refractivity contribution < 1.29 is 22.3 Å². The normalized spacial score (nSPS) is 13.2. The number of halogens is 2. The van der Waals surface area contributed by atoms with Gasteiger partial charge in [-0.3, -0.25) is 4.72 Å². The van der Waals surface area contributed by atoms with Gasteiger partial charge in [-0.2, -0.15) is 4.37 Å². The number of benzene rings is 1. The lowest BCUT2D eigenvalue weighted by Crippen LogP contribution is -2.15. The van der Waals surface area contributed by atoms with Gasteiger partial charge in [0, 0.05) is 17.1 Å². The maximum absolute atomic E-state index is 13.8. The van der Waals surface area contributed by atoms with E-state index in [-0.39, 0.29) is 10.7 Å². The molecule has 0 aliphatic carbocycles. The van der Waals surface area contributed by atoms with Gasteiger partial charge < -0.3 is 5.11 Å². The molecule has 0 saturated carbocycles. The molecule has 20 heavy (non-hydrogen) atoms. The molecule has 1 aromatic carbocycles. The van der Waals surface area contributed by atoms with Crippen LogP contribution in [0.5, 0.6) is 0 Å². The van der Waals surface area contributed by atoms with Crippen molar-refractivity contribution in [2.45, 2.75) is 17.9 Å². The van der Waals surface area contributed by atoms with E-state index in [2.05, 4.69) is 9.36 Å². The average Bonchev–Trinajstić information content (AvgIpc) is 2.83. The highest BCUT2D eigenvalue weighted by Gasteiger charge is 2.24. The molecule has 0 spiro atoms. The monoisotopic (exact) mass is 321 g/mol. The predicted octanol–water partition coefficient (Wildman–Crippen LogP) is 1.67. The van der Waals surface area contributed by atoms with Gasteiger partial charge in [-0.15, -0.1) is 0 Å². The largest absolute Gasteiger partial charge is 0.389 e. The number of aliphatic hydroxyl groups is 1. The minimum absolute atomic E-state index is 0.0654. The second kappa shape index (κ2) is 5.38. The van der Waals surface area contributed by atoms with E-state index >= 15 is 0 Å². The molecule has 0 fully saturated rings. The minimum atomic E-state index is -4.32. The van der Waals surface area contributed by atoms with Crippen LogP contribution >= 0.6 is 11.5 Å². The predicted molar refractivity (Wildman–Crippen MR) is 67.7 cm³/mol. The molecule has 1 unspecified atom stereocenters. The maximum atomic E-state index is 13.8. The molecule has 1 atom stereocenters. The quantitative estimate of drug-likeness (QED) is 0.893. The van der Waals surface area contributed by atoms with Gasteiger partial charge >= 0.3 is 0 Å². The third-order valence-corrected chi connectivity index (χ3v) is 4.44. The molecule has 1 aromatic heterocycles. The van der Waals surface area contributed by atoms with Gasteiger partial charge in [-0.05, 0) is 19.1 Å². The number of sulfonamides is 1. The Labute approximate surface area is 117 Å². The Morgan fingerprint density at radius 3 is 2.60 bits per heavy atom. The van der Waals surface area contributed by atoms with Crippen LogP contribution in [0.25, 0.3) is 0 Å². The smallest absolute Gasteiger partial charge is 0.266 e. The lowest BCUT2D eigenvalue weighted by molar-refractivity contribution is 0.193. The molecule has 0 aliphatic heterocycles. The fraction of sp³-hybridized carbons (Fsp3) is 0.200. The number of nitrogens with one attached hydrogen (secondary N) is 1. The second-order valence-corrected chi connectivity index (χ2v) is 6.26. The molecule has 0 aliphatic rings. The van der Waals surface area contributed by atoms with Crippen LogP contribution in [0.2, 0.25) is 0 Å². The molecule has 2 N–H and O–H groups in total. The Morgan fingerprint density at radius 2 is 2.05 bits per heavy atom. The van der Waals surface area contributed by atoms with Gasteiger partial charge in [-0.1, -0.05) is 0 Å². The van der Waals surface area contributed by atoms with Crippen LogP contribution in [-0.2, 0) is 10.0 Å². The topological polar surface area (TPSA) is 92.2 Å². The second-order valence-electron chi connectivity index (χ2n) is 3.83. The molecule has 108 valence electrons. The van der Waals surface area contributed by atoms with Crippen LogP contribution in [0.4, 0.5) is 13.9 Å². The Balaban J connectivity index is 2.45. The van der Waals surface area contributed by atoms with E-state index < -0.39 is 32.7 Å². The molecule has 10 heteroatoms. The lowest BCUT2D eigenvalue weighted by Gasteiger charge is -2.10. The first-order chi connectivity index (χ1) is 9.31. The molecule has 0 amide bonds. The van der Waals surface area contributed by atoms with Gasteiger partial charge in [0.2, 0.25) is 5.13 Å². The van der Waals surface area contributed by atoms with Gasteiger partial charge in [0.1, 0.15) is 22.9 Å². The van der Waals surface area contributed by atoms with Gasteiger partial charge in [0.25, 0.3) is 10.0 Å². The van der Waals surface area contributed by atoms with Crippen molar-refractivity contribution in [3.05, 3.63) is 35.7 Å². The van der Waals surface area contributed by atoms with Crippen LogP contribution in [0.3, 0.4) is 0 Å². The van der Waals surface area contributed by atoms with Gasteiger partial charge in [-0.25, -0.2) is 22.2 Å². The summed E-state index contributed by atoms with van der Waals surface area (Å²) in [5.74, 6) is -2.18. The Bertz CT molecular complexity index is 718. The zero-order chi connectivity index (χ0) is 14.9. The van der Waals surface area contributed by atoms with Crippen molar-refractivity contribution in [1.29, 1.82) is 0 Å². The Hall–Kier alpha value is -1.65. The summed E-state index contributed by atoms with van der Waals surface area (Å²) in [6.45, 7) is 1.24. The number of rotatable bonds is 4. The average molecular weight is 321 g/mol. The van der Waals surface area contributed by atoms with Crippen molar-refractivity contribution in [2.75, 3.05) is 4.72 Å². The standard InChI is InChI=1S/C10H9F2N3O3S2/c1-5(16)6-2-8(12)9(3-7(6)11)20(17,18)15-10-13-4-14-19-10/h2-5,16H,1H3,(H,13,14,15). The van der Waals surface area contributed by atoms with Crippen molar-refractivity contribution in [2.24, 2.45) is 0 Å². The summed E-state index contributed by atoms with van der Waals surface area (Å²) in [5.41, 5.74) is -0.322. The maximum Gasteiger partial charge on any atom is 0.266 e. The van der Waals surface area contributed by atoms with Crippen LogP contribution in [0, 0.1) is 11.6 Å². The summed E-state index contributed by atoms with van der Waals surface area (Å²) in [6, 6.07) is 1.16. The summed E-state index contributed by atoms with van der Waals surface area (Å²) >= 11 is 0.755. The molecule has 0 saturated heterocycles. The highest BCUT2D eigenvalue weighted by atomic mass is 32.2. The van der Waals surface area contributed by atoms with E-state index in [0.29, 0.717) is 12.1 Å². The highest BCUT2D eigenvalue weighted by Crippen LogP contribution is 2.25. The van der Waals surface area contributed by atoms with E-state index in [1.165, 1.54) is 6.92 Å². The molecule has 0 radical (unpaired) electrons. The van der Waals surface area contributed by atoms with Crippen molar-refractivity contribution >= 4 is 26.7 Å². The first kappa shape index (κ1) is 14.8. The van der Waals surface area contributed by atoms with Crippen LogP contribution < -0.4 is 4.72 Å². The van der Waals surface area contributed by atoms with Gasteiger partial charge in [0.05, 0.1) is 6.10 Å². The molecule has 1 heterocycles. The summed E-state index contributed by atoms with van der Waals surface area (Å²) < 4.78 is 56.8. The first-order valence-corrected chi connectivity index (χ1v) is 7.53. The van der Waals surface area contributed by atoms with Crippen LogP contribution in [-0.4, -0.2) is 22.9 Å². The fourth-order valence-electron chi connectivity index (χ4n) is 1.46. The summed E-state index contributed by atoms with van der Waals surface area (Å²) in [4.78, 5) is 2.72. The van der Waals surface area contributed by atoms with E-state index in [1.54, 1.807) is 0 Å². The molecule has 6 nitrogen and oxygen atoms in total. The number of nitrogens with zero attached hydrogens (tertiary/aromatic N) is 2. The molecular formula is C10H9F2N3O3S2. The molecular weight excluding hydrogens is 312 g/mol. The van der Waals surface area contributed by atoms with E-state index in [9.17, 15) is 22.3 Å². The van der Waals surface area contributed by atoms with Crippen LogP contribution in [0.1, 0.15) is 18.6 Å². The van der Waals surface area contributed by atoms with E-state index in [0.717, 1.165) is 17.9 Å². The molecule has 0 bridgehead atoms. The van der Waals surface area contributed by atoms with E-state index in [4.69, 9.17) is 0 Å². The number of hydrogen-bond donors (Lipinski definition) is 2. The van der Waals surface area contributed by atoms with Crippen molar-refractivity contribution in [1.82, 2.24) is 9.36 Å². The summed E-state index contributed by atoms with van der Waals surface area (Å²) in [5, 5.41) is 9.18. The van der Waals surface area contributed by atoms with Crippen molar-refractivity contribution in [3.63, 3.8) is 0 Å². The molecule has 2 rings (SSSR count). The number of aliphatic hydroxyl groups excluding tert-OH is 1. The zero-order valence-electron chi connectivity index (χ0n) is 10.0. The highest BCUT2D eigenvalue weighted by molar-refractivity contribution is 7.93. The zero-order valence-corrected chi connectivity index (χ0v) is 11.7. The Morgan fingerprint density at radius 1 is 1.35 bits per heavy atom. The lowest BCUT2D eigenvalue weighted by atomic mass is 10.1. The van der Waals surface area contributed by atoms with Crippen LogP contribution in [0.15, 0.2) is 23.4 Å². The third kappa shape index (κ3) is 2.92. The van der Waals surface area contributed by atoms with E-state index in [1.807, 2.05) is 4.72 Å². The minimum Gasteiger partial charge on any atom is -0.389 e. The summed E-state index contributed by atoms with van der Waals surface area (Å²) in [6.07, 6.45) is -0.131. The van der Waals surface area contributed by atoms with Gasteiger partial charge in [0.15, 0.2) is 0 Å². The molecule has 2 aromatic rings. The summed E-state index contributed by atoms with van der Waals surface area (Å²) in [7, 11) is -4.32. The Kier molecular flexibility index (Phi) is 3.97.